The zero-order chi connectivity index (χ0) is 16.4. The summed E-state index contributed by atoms with van der Waals surface area (Å²) in [5.74, 6) is 0.736. The Morgan fingerprint density at radius 1 is 1.35 bits per heavy atom. The van der Waals surface area contributed by atoms with Gasteiger partial charge in [0.2, 0.25) is 0 Å². The maximum Gasteiger partial charge on any atom is 0.161 e. The van der Waals surface area contributed by atoms with E-state index in [1.165, 1.54) is 0 Å². The number of carbonyl (C=O) groups excluding carboxylic acids is 1. The number of nitrogens with one attached hydrogen (secondary N) is 1. The molecule has 3 rings (SSSR count). The van der Waals surface area contributed by atoms with E-state index in [-0.39, 0.29) is 11.7 Å². The van der Waals surface area contributed by atoms with Gasteiger partial charge in [-0.1, -0.05) is 30.7 Å². The molecule has 0 radical (unpaired) electrons. The van der Waals surface area contributed by atoms with Gasteiger partial charge in [-0.25, -0.2) is 0 Å². The largest absolute Gasteiger partial charge is 0.352 e. The van der Waals surface area contributed by atoms with Crippen LogP contribution in [0.2, 0.25) is 5.02 Å². The molecule has 0 saturated heterocycles. The van der Waals surface area contributed by atoms with Crippen molar-refractivity contribution in [1.29, 1.82) is 5.26 Å². The van der Waals surface area contributed by atoms with Gasteiger partial charge < -0.3 is 5.32 Å². The highest BCUT2D eigenvalue weighted by molar-refractivity contribution is 8.03. The Labute approximate surface area is 145 Å². The number of carbonyl (C=O) groups is 1. The molecular formula is C18H17ClN2OS. The van der Waals surface area contributed by atoms with Crippen LogP contribution in [-0.2, 0) is 4.79 Å². The molecule has 0 spiro atoms. The van der Waals surface area contributed by atoms with Crippen molar-refractivity contribution < 1.29 is 4.79 Å². The molecule has 1 aliphatic heterocycles. The number of hydrogen-bond acceptors (Lipinski definition) is 4. The van der Waals surface area contributed by atoms with E-state index in [4.69, 9.17) is 11.6 Å². The monoisotopic (exact) mass is 344 g/mol. The fraction of sp³-hybridized carbons (Fsp3) is 0.333. The van der Waals surface area contributed by atoms with Crippen LogP contribution < -0.4 is 5.32 Å². The number of benzene rings is 1. The lowest BCUT2D eigenvalue weighted by Crippen LogP contribution is -2.31. The summed E-state index contributed by atoms with van der Waals surface area (Å²) in [6.45, 7) is 2.06. The maximum absolute atomic E-state index is 12.5. The Hall–Kier alpha value is -1.70. The summed E-state index contributed by atoms with van der Waals surface area (Å²) in [5.41, 5.74) is 3.32. The molecule has 1 aromatic carbocycles. The fourth-order valence-corrected chi connectivity index (χ4v) is 4.10. The Morgan fingerprint density at radius 3 is 2.74 bits per heavy atom. The summed E-state index contributed by atoms with van der Waals surface area (Å²) in [5, 5.41) is 14.6. The number of dihydropyridines is 1. The van der Waals surface area contributed by atoms with Gasteiger partial charge in [-0.2, -0.15) is 5.26 Å². The van der Waals surface area contributed by atoms with Gasteiger partial charge in [0.15, 0.2) is 5.78 Å². The van der Waals surface area contributed by atoms with Crippen LogP contribution in [0.25, 0.3) is 0 Å². The summed E-state index contributed by atoms with van der Waals surface area (Å²) < 4.78 is 0. The molecule has 2 aliphatic rings. The predicted molar refractivity (Wildman–Crippen MR) is 94.0 cm³/mol. The number of nitriles is 1. The molecule has 0 fully saturated rings. The topological polar surface area (TPSA) is 52.9 Å². The van der Waals surface area contributed by atoms with E-state index in [0.29, 0.717) is 17.0 Å². The van der Waals surface area contributed by atoms with Crippen molar-refractivity contribution in [3.05, 3.63) is 56.7 Å². The molecule has 0 saturated carbocycles. The first-order valence-electron chi connectivity index (χ1n) is 7.71. The molecule has 1 aliphatic carbocycles. The highest BCUT2D eigenvalue weighted by Crippen LogP contribution is 2.44. The summed E-state index contributed by atoms with van der Waals surface area (Å²) in [7, 11) is 0. The van der Waals surface area contributed by atoms with Crippen LogP contribution >= 0.6 is 23.4 Å². The molecule has 0 amide bonds. The van der Waals surface area contributed by atoms with Gasteiger partial charge in [-0.05, 0) is 36.3 Å². The van der Waals surface area contributed by atoms with Crippen molar-refractivity contribution >= 4 is 29.1 Å². The van der Waals surface area contributed by atoms with Crippen molar-refractivity contribution in [1.82, 2.24) is 5.32 Å². The quantitative estimate of drug-likeness (QED) is 0.875. The van der Waals surface area contributed by atoms with Crippen LogP contribution in [0.15, 0.2) is 46.1 Å². The van der Waals surface area contributed by atoms with Crippen molar-refractivity contribution in [2.24, 2.45) is 0 Å². The number of thioether (sulfide) groups is 1. The molecule has 5 heteroatoms. The van der Waals surface area contributed by atoms with E-state index in [1.54, 1.807) is 11.8 Å². The normalized spacial score (nSPS) is 20.9. The van der Waals surface area contributed by atoms with Crippen LogP contribution in [-0.4, -0.2) is 11.5 Å². The molecule has 23 heavy (non-hydrogen) atoms. The smallest absolute Gasteiger partial charge is 0.161 e. The second-order valence-corrected chi connectivity index (χ2v) is 7.28. The zero-order valence-corrected chi connectivity index (χ0v) is 14.4. The number of ketones is 1. The first-order chi connectivity index (χ1) is 11.2. The molecule has 0 aromatic heterocycles. The molecule has 0 unspecified atom stereocenters. The van der Waals surface area contributed by atoms with E-state index in [9.17, 15) is 10.1 Å². The minimum Gasteiger partial charge on any atom is -0.352 e. The van der Waals surface area contributed by atoms with Crippen LogP contribution in [0.5, 0.6) is 0 Å². The van der Waals surface area contributed by atoms with Crippen LogP contribution in [0.1, 0.15) is 37.7 Å². The van der Waals surface area contributed by atoms with E-state index in [1.807, 2.05) is 24.3 Å². The van der Waals surface area contributed by atoms with Gasteiger partial charge in [0, 0.05) is 22.7 Å². The lowest BCUT2D eigenvalue weighted by atomic mass is 9.77. The minimum absolute atomic E-state index is 0.145. The predicted octanol–water partition coefficient (Wildman–Crippen LogP) is 4.52. The van der Waals surface area contributed by atoms with Gasteiger partial charge >= 0.3 is 0 Å². The van der Waals surface area contributed by atoms with Gasteiger partial charge in [-0.15, -0.1) is 11.8 Å². The first kappa shape index (κ1) is 16.2. The molecule has 1 atom stereocenters. The van der Waals surface area contributed by atoms with Crippen molar-refractivity contribution in [3.8, 4) is 6.07 Å². The van der Waals surface area contributed by atoms with Crippen LogP contribution in [0.3, 0.4) is 0 Å². The second kappa shape index (κ2) is 6.82. The minimum atomic E-state index is -0.282. The lowest BCUT2D eigenvalue weighted by molar-refractivity contribution is -0.116. The van der Waals surface area contributed by atoms with Gasteiger partial charge in [0.05, 0.1) is 22.6 Å². The first-order valence-corrected chi connectivity index (χ1v) is 9.07. The third-order valence-corrected chi connectivity index (χ3v) is 5.31. The highest BCUT2D eigenvalue weighted by Gasteiger charge is 2.36. The number of halogens is 1. The van der Waals surface area contributed by atoms with Crippen molar-refractivity contribution in [2.75, 3.05) is 5.75 Å². The third kappa shape index (κ3) is 3.04. The maximum atomic E-state index is 12.5. The Bertz CT molecular complexity index is 743. The molecule has 3 nitrogen and oxygen atoms in total. The average molecular weight is 345 g/mol. The molecule has 1 N–H and O–H groups in total. The van der Waals surface area contributed by atoms with Crippen LogP contribution in [0.4, 0.5) is 0 Å². The van der Waals surface area contributed by atoms with Crippen molar-refractivity contribution in [3.63, 3.8) is 0 Å². The van der Waals surface area contributed by atoms with Crippen molar-refractivity contribution in [2.45, 2.75) is 32.1 Å². The van der Waals surface area contributed by atoms with Crippen LogP contribution in [0, 0.1) is 11.3 Å². The summed E-state index contributed by atoms with van der Waals surface area (Å²) in [6.07, 6.45) is 2.28. The SMILES string of the molecule is CCSC1=C(C#N)[C@H](c2ccc(Cl)cc2)C2=C(CCCC2=O)N1. The zero-order valence-electron chi connectivity index (χ0n) is 12.9. The van der Waals surface area contributed by atoms with Gasteiger partial charge in [-0.3, -0.25) is 4.79 Å². The van der Waals surface area contributed by atoms with E-state index >= 15 is 0 Å². The molecule has 1 aromatic rings. The van der Waals surface area contributed by atoms with Gasteiger partial charge in [0.25, 0.3) is 0 Å². The number of nitrogens with zero attached hydrogens (tertiary/aromatic N) is 1. The highest BCUT2D eigenvalue weighted by atomic mass is 35.5. The second-order valence-electron chi connectivity index (χ2n) is 5.57. The molecule has 1 heterocycles. The number of rotatable bonds is 3. The van der Waals surface area contributed by atoms with E-state index in [2.05, 4.69) is 18.3 Å². The standard InChI is InChI=1S/C18H17ClN2OS/c1-2-23-18-13(10-20)16(11-6-8-12(19)9-7-11)17-14(21-18)4-3-5-15(17)22/h6-9,16,21H,2-5H2,1H3/t16-/m0/s1. The van der Waals surface area contributed by atoms with E-state index in [0.717, 1.165) is 40.5 Å². The fourth-order valence-electron chi connectivity index (χ4n) is 3.17. The Balaban J connectivity index is 2.16. The van der Waals surface area contributed by atoms with Gasteiger partial charge in [0.1, 0.15) is 0 Å². The number of Topliss-reactive ketones (excluding diaryl/α,β-unsaturated/α-hetero) is 1. The number of hydrogen-bond donors (Lipinski definition) is 1. The molecule has 118 valence electrons. The van der Waals surface area contributed by atoms with E-state index < -0.39 is 0 Å². The third-order valence-electron chi connectivity index (χ3n) is 4.16. The summed E-state index contributed by atoms with van der Waals surface area (Å²) in [4.78, 5) is 12.5. The lowest BCUT2D eigenvalue weighted by Gasteiger charge is -2.33. The average Bonchev–Trinajstić information content (AvgIpc) is 2.55. The summed E-state index contributed by atoms with van der Waals surface area (Å²) in [6, 6.07) is 9.79. The molecule has 0 bridgehead atoms. The Morgan fingerprint density at radius 2 is 2.09 bits per heavy atom. The Kier molecular flexibility index (Phi) is 4.79. The molecular weight excluding hydrogens is 328 g/mol. The number of allylic oxidation sites excluding steroid dienone is 3. The summed E-state index contributed by atoms with van der Waals surface area (Å²) >= 11 is 7.61.